The molecule has 3 aliphatic rings. The number of hydrogen-bond acceptors (Lipinski definition) is 6. The van der Waals surface area contributed by atoms with E-state index < -0.39 is 0 Å². The molecule has 1 fully saturated rings. The summed E-state index contributed by atoms with van der Waals surface area (Å²) in [5.74, 6) is 0.246. The Morgan fingerprint density at radius 3 is 2.34 bits per heavy atom. The second-order valence-electron chi connectivity index (χ2n) is 9.09. The maximum absolute atomic E-state index is 13.1. The summed E-state index contributed by atoms with van der Waals surface area (Å²) in [5, 5.41) is 8.75. The molecule has 35 heavy (non-hydrogen) atoms. The average Bonchev–Trinajstić information content (AvgIpc) is 3.42. The van der Waals surface area contributed by atoms with Gasteiger partial charge in [-0.1, -0.05) is 54.1 Å². The number of ether oxygens (including phenoxy) is 1. The van der Waals surface area contributed by atoms with Crippen molar-refractivity contribution in [2.24, 2.45) is 11.8 Å². The quantitative estimate of drug-likeness (QED) is 0.427. The Labute approximate surface area is 207 Å². The van der Waals surface area contributed by atoms with Gasteiger partial charge in [0.25, 0.3) is 5.95 Å². The van der Waals surface area contributed by atoms with Crippen LogP contribution in [0.4, 0.5) is 11.9 Å². The molecule has 0 radical (unpaired) electrons. The molecule has 2 aromatic carbocycles. The minimum Gasteiger partial charge on any atom is -0.497 e. The summed E-state index contributed by atoms with van der Waals surface area (Å²) in [6, 6.07) is 15.2. The largest absolute Gasteiger partial charge is 0.497 e. The Kier molecular flexibility index (Phi) is 5.33. The van der Waals surface area contributed by atoms with E-state index in [4.69, 9.17) is 16.3 Å². The molecule has 2 aliphatic heterocycles. The van der Waals surface area contributed by atoms with Gasteiger partial charge >= 0.3 is 0 Å². The lowest BCUT2D eigenvalue weighted by atomic mass is 9.85. The van der Waals surface area contributed by atoms with Crippen LogP contribution in [0.5, 0.6) is 5.75 Å². The number of nitrogens with one attached hydrogen (secondary N) is 1. The molecule has 9 heteroatoms. The molecular weight excluding hydrogens is 466 g/mol. The number of rotatable bonds is 4. The summed E-state index contributed by atoms with van der Waals surface area (Å²) < 4.78 is 7.05. The molecule has 3 aromatic rings. The van der Waals surface area contributed by atoms with Crippen LogP contribution in [0.3, 0.4) is 0 Å². The van der Waals surface area contributed by atoms with E-state index in [2.05, 4.69) is 15.4 Å². The number of carbonyl (C=O) groups is 2. The predicted molar refractivity (Wildman–Crippen MR) is 131 cm³/mol. The number of benzene rings is 2. The Bertz CT molecular complexity index is 1310. The van der Waals surface area contributed by atoms with Gasteiger partial charge < -0.3 is 10.1 Å². The van der Waals surface area contributed by atoms with Crippen LogP contribution in [0.15, 0.2) is 60.7 Å². The highest BCUT2D eigenvalue weighted by molar-refractivity contribution is 6.31. The van der Waals surface area contributed by atoms with Gasteiger partial charge in [0.15, 0.2) is 0 Å². The number of carbonyl (C=O) groups excluding carboxylic acids is 2. The van der Waals surface area contributed by atoms with Crippen LogP contribution >= 0.6 is 11.6 Å². The number of imide groups is 1. The molecule has 0 spiro atoms. The second-order valence-corrected chi connectivity index (χ2v) is 9.50. The second kappa shape index (κ2) is 8.53. The zero-order chi connectivity index (χ0) is 24.1. The maximum Gasteiger partial charge on any atom is 0.260 e. The lowest BCUT2D eigenvalue weighted by molar-refractivity contribution is -0.122. The van der Waals surface area contributed by atoms with Gasteiger partial charge in [-0.3, -0.25) is 9.59 Å². The van der Waals surface area contributed by atoms with E-state index in [1.807, 2.05) is 60.7 Å². The number of anilines is 2. The number of fused-ring (bicyclic) bond motifs is 2. The highest BCUT2D eigenvalue weighted by Crippen LogP contribution is 2.42. The maximum atomic E-state index is 13.1. The summed E-state index contributed by atoms with van der Waals surface area (Å²) in [5.41, 5.74) is 1.97. The van der Waals surface area contributed by atoms with Crippen LogP contribution in [0.1, 0.15) is 42.5 Å². The fourth-order valence-corrected chi connectivity index (χ4v) is 5.58. The van der Waals surface area contributed by atoms with Crippen molar-refractivity contribution in [2.75, 3.05) is 17.3 Å². The lowest BCUT2D eigenvalue weighted by Crippen LogP contribution is -2.32. The first-order chi connectivity index (χ1) is 17.0. The van der Waals surface area contributed by atoms with Gasteiger partial charge in [0.05, 0.1) is 31.0 Å². The molecule has 6 rings (SSSR count). The van der Waals surface area contributed by atoms with E-state index in [0.717, 1.165) is 16.9 Å². The van der Waals surface area contributed by atoms with Gasteiger partial charge in [-0.2, -0.15) is 4.98 Å². The summed E-state index contributed by atoms with van der Waals surface area (Å²) in [6.07, 6.45) is 5.73. The van der Waals surface area contributed by atoms with Gasteiger partial charge in [0.1, 0.15) is 5.75 Å². The van der Waals surface area contributed by atoms with Crippen molar-refractivity contribution in [3.8, 4) is 5.75 Å². The zero-order valence-corrected chi connectivity index (χ0v) is 19.9. The number of methoxy groups -OCH3 is 1. The van der Waals surface area contributed by atoms with Crippen molar-refractivity contribution >= 4 is 35.3 Å². The van der Waals surface area contributed by atoms with Gasteiger partial charge in [0, 0.05) is 5.02 Å². The van der Waals surface area contributed by atoms with Crippen LogP contribution in [-0.4, -0.2) is 33.7 Å². The van der Waals surface area contributed by atoms with Crippen LogP contribution < -0.4 is 15.0 Å². The molecule has 4 atom stereocenters. The summed E-state index contributed by atoms with van der Waals surface area (Å²) >= 11 is 6.60. The highest BCUT2D eigenvalue weighted by Gasteiger charge is 2.50. The summed E-state index contributed by atoms with van der Waals surface area (Å²) in [6.45, 7) is 0. The van der Waals surface area contributed by atoms with Crippen molar-refractivity contribution in [2.45, 2.75) is 31.3 Å². The van der Waals surface area contributed by atoms with Crippen molar-refractivity contribution in [3.63, 3.8) is 0 Å². The number of halogens is 1. The Morgan fingerprint density at radius 2 is 1.69 bits per heavy atom. The number of nitrogens with zero attached hydrogens (tertiary/aromatic N) is 4. The Balaban J connectivity index is 1.40. The standard InChI is InChI=1S/C26H24ClN5O3/c1-35-16-12-10-15(11-13-16)21-14-22(19-8-4-5-9-20(19)27)32-25(28-21)29-26(30-32)31-23(33)17-6-2-3-7-18(17)24(31)34/h2-5,8-13,17-18,21-22H,6-7,14H2,1H3,(H,28,29,30)/t17-,18-,21-,22+/m0/s1. The minimum atomic E-state index is -0.340. The number of aromatic nitrogens is 3. The van der Waals surface area contributed by atoms with E-state index >= 15 is 0 Å². The van der Waals surface area contributed by atoms with Gasteiger partial charge in [0.2, 0.25) is 17.8 Å². The molecule has 1 N–H and O–H groups in total. The third-order valence-corrected chi connectivity index (χ3v) is 7.51. The van der Waals surface area contributed by atoms with Crippen molar-refractivity contribution in [1.29, 1.82) is 0 Å². The van der Waals surface area contributed by atoms with Crippen molar-refractivity contribution < 1.29 is 14.3 Å². The summed E-state index contributed by atoms with van der Waals surface area (Å²) in [7, 11) is 1.64. The first-order valence-corrected chi connectivity index (χ1v) is 12.1. The lowest BCUT2D eigenvalue weighted by Gasteiger charge is -2.32. The van der Waals surface area contributed by atoms with E-state index in [0.29, 0.717) is 30.2 Å². The molecule has 0 bridgehead atoms. The zero-order valence-electron chi connectivity index (χ0n) is 19.1. The highest BCUT2D eigenvalue weighted by atomic mass is 35.5. The van der Waals surface area contributed by atoms with Crippen LogP contribution in [-0.2, 0) is 9.59 Å². The Hall–Kier alpha value is -3.65. The van der Waals surface area contributed by atoms with Crippen molar-refractivity contribution in [1.82, 2.24) is 14.8 Å². The number of hydrogen-bond donors (Lipinski definition) is 1. The third-order valence-electron chi connectivity index (χ3n) is 7.17. The molecule has 1 aliphatic carbocycles. The number of amides is 2. The normalized spacial score (nSPS) is 25.3. The number of allylic oxidation sites excluding steroid dienone is 2. The molecule has 2 amide bonds. The van der Waals surface area contributed by atoms with Crippen LogP contribution in [0.25, 0.3) is 0 Å². The molecule has 8 nitrogen and oxygen atoms in total. The average molecular weight is 490 g/mol. The first kappa shape index (κ1) is 21.9. The van der Waals surface area contributed by atoms with Crippen LogP contribution in [0, 0.1) is 11.8 Å². The third kappa shape index (κ3) is 3.60. The topological polar surface area (TPSA) is 89.4 Å². The smallest absolute Gasteiger partial charge is 0.260 e. The van der Waals surface area contributed by atoms with E-state index in [1.54, 1.807) is 11.8 Å². The van der Waals surface area contributed by atoms with Crippen molar-refractivity contribution in [3.05, 3.63) is 76.8 Å². The molecule has 3 heterocycles. The molecule has 0 saturated carbocycles. The van der Waals surface area contributed by atoms with E-state index in [-0.39, 0.29) is 41.7 Å². The monoisotopic (exact) mass is 489 g/mol. The molecule has 0 unspecified atom stereocenters. The van der Waals surface area contributed by atoms with Gasteiger partial charge in [-0.25, -0.2) is 9.58 Å². The summed E-state index contributed by atoms with van der Waals surface area (Å²) in [4.78, 5) is 32.1. The minimum absolute atomic E-state index is 0.0801. The Morgan fingerprint density at radius 1 is 1.00 bits per heavy atom. The van der Waals surface area contributed by atoms with E-state index in [9.17, 15) is 9.59 Å². The van der Waals surface area contributed by atoms with Gasteiger partial charge in [-0.15, -0.1) is 5.10 Å². The molecular formula is C26H24ClN5O3. The van der Waals surface area contributed by atoms with E-state index in [1.165, 1.54) is 4.90 Å². The SMILES string of the molecule is COc1ccc([C@@H]2C[C@H](c3ccccc3Cl)n3nc(N4C(=O)[C@H]5CC=CC[C@@H]5C4=O)nc3N2)cc1. The van der Waals surface area contributed by atoms with Gasteiger partial charge in [-0.05, 0) is 48.6 Å². The molecule has 1 saturated heterocycles. The fourth-order valence-electron chi connectivity index (χ4n) is 5.32. The molecule has 178 valence electrons. The van der Waals surface area contributed by atoms with Crippen LogP contribution in [0.2, 0.25) is 5.02 Å². The fraction of sp³-hybridized carbons (Fsp3) is 0.308. The molecule has 1 aromatic heterocycles. The first-order valence-electron chi connectivity index (χ1n) is 11.7. The predicted octanol–water partition coefficient (Wildman–Crippen LogP) is 4.54.